The van der Waals surface area contributed by atoms with Crippen LogP contribution < -0.4 is 25.9 Å². The summed E-state index contributed by atoms with van der Waals surface area (Å²) in [6, 6.07) is 45.2. The van der Waals surface area contributed by atoms with Gasteiger partial charge in [-0.1, -0.05) is 109 Å². The Morgan fingerprint density at radius 1 is 0.438 bits per heavy atom. The van der Waals surface area contributed by atoms with Gasteiger partial charge in [0.25, 0.3) is 0 Å². The van der Waals surface area contributed by atoms with Crippen LogP contribution >= 0.6 is 23.1 Å². The third-order valence-corrected chi connectivity index (χ3v) is 9.04. The van der Waals surface area contributed by atoms with Crippen molar-refractivity contribution in [3.05, 3.63) is 203 Å². The summed E-state index contributed by atoms with van der Waals surface area (Å²) in [6.45, 7) is 1.01. The second-order valence-corrected chi connectivity index (χ2v) is 12.5. The number of hydrogen-bond donors (Lipinski definition) is 0. The average Bonchev–Trinajstić information content (AvgIpc) is 3.55. The van der Waals surface area contributed by atoms with Crippen molar-refractivity contribution in [1.82, 2.24) is 17.0 Å². The molecule has 0 atom stereocenters. The first-order chi connectivity index (χ1) is 23.4. The summed E-state index contributed by atoms with van der Waals surface area (Å²) in [4.78, 5) is 48.8. The lowest BCUT2D eigenvalue weighted by Crippen LogP contribution is -2.29. The minimum atomic E-state index is -0.342. The molecule has 7 rings (SSSR count). The summed E-state index contributed by atoms with van der Waals surface area (Å²) in [5, 5.41) is 0. The molecule has 11 heteroatoms. The topological polar surface area (TPSA) is 97.2 Å². The highest BCUT2D eigenvalue weighted by Crippen LogP contribution is 2.22. The van der Waals surface area contributed by atoms with Gasteiger partial charge in [-0.25, -0.2) is 26.6 Å². The maximum absolute atomic E-state index is 12.7. The molecule has 2 aromatic heterocycles. The van der Waals surface area contributed by atoms with Gasteiger partial charge in [0, 0.05) is 23.1 Å². The van der Waals surface area contributed by atoms with E-state index in [1.54, 1.807) is 24.3 Å². The number of hydrogen-bond acceptors (Lipinski definition) is 7. The Hall–Kier alpha value is -5.78. The molecule has 0 aliphatic heterocycles. The van der Waals surface area contributed by atoms with E-state index < -0.39 is 0 Å². The van der Waals surface area contributed by atoms with Gasteiger partial charge in [0.2, 0.25) is 0 Å². The predicted octanol–water partition coefficient (Wildman–Crippen LogP) is 6.07. The van der Waals surface area contributed by atoms with Crippen molar-refractivity contribution in [2.45, 2.75) is 19.6 Å². The van der Waals surface area contributed by atoms with Gasteiger partial charge in [0.05, 0.1) is 25.3 Å². The van der Waals surface area contributed by atoms with E-state index >= 15 is 0 Å². The van der Waals surface area contributed by atoms with Gasteiger partial charge in [-0.05, 0) is 53.1 Å². The Morgan fingerprint density at radius 2 is 0.854 bits per heavy atom. The van der Waals surface area contributed by atoms with Gasteiger partial charge in [0.1, 0.15) is 11.5 Å². The highest BCUT2D eigenvalue weighted by Gasteiger charge is 2.13. The van der Waals surface area contributed by atoms with E-state index in [0.717, 1.165) is 45.5 Å². The standard InChI is InChI=1S/C21H16N2O3S.C16H14N2O2S/c24-20-22(15-16-7-3-1-4-8-16)21(25)27-23(20)17-11-13-19(14-12-17)26-18-9-5-2-6-10-18;19-15-17(11-13-7-3-1-4-8-13)16(20)21-18(15)12-14-9-5-2-6-10-14/h1-14H,15H2;1-10H,11-12H2. The van der Waals surface area contributed by atoms with Crippen LogP contribution in [0.3, 0.4) is 0 Å². The van der Waals surface area contributed by atoms with E-state index in [2.05, 4.69) is 0 Å². The first-order valence-corrected chi connectivity index (χ1v) is 16.6. The lowest BCUT2D eigenvalue weighted by atomic mass is 10.2. The van der Waals surface area contributed by atoms with E-state index in [9.17, 15) is 19.2 Å². The summed E-state index contributed by atoms with van der Waals surface area (Å²) in [7, 11) is 0. The Balaban J connectivity index is 0.000000173. The van der Waals surface area contributed by atoms with Crippen molar-refractivity contribution in [3.8, 4) is 17.2 Å². The minimum absolute atomic E-state index is 0.222. The molecular weight excluding hydrogens is 645 g/mol. The fourth-order valence-corrected chi connectivity index (χ4v) is 6.45. The van der Waals surface area contributed by atoms with Crippen LogP contribution in [0.25, 0.3) is 5.69 Å². The van der Waals surface area contributed by atoms with E-state index in [1.165, 1.54) is 17.0 Å². The Kier molecular flexibility index (Phi) is 10.2. The molecule has 0 spiro atoms. The summed E-state index contributed by atoms with van der Waals surface area (Å²) < 4.78 is 11.2. The molecule has 0 unspecified atom stereocenters. The van der Waals surface area contributed by atoms with Crippen LogP contribution in [0.5, 0.6) is 11.5 Å². The van der Waals surface area contributed by atoms with Gasteiger partial charge in [0.15, 0.2) is 0 Å². The molecule has 9 nitrogen and oxygen atoms in total. The fraction of sp³-hybridized carbons (Fsp3) is 0.0811. The number of para-hydroxylation sites is 1. The van der Waals surface area contributed by atoms with Crippen LogP contribution in [-0.2, 0) is 19.6 Å². The molecule has 0 N–H and O–H groups in total. The molecule has 0 saturated heterocycles. The highest BCUT2D eigenvalue weighted by atomic mass is 32.1. The van der Waals surface area contributed by atoms with Crippen molar-refractivity contribution in [1.29, 1.82) is 0 Å². The molecule has 0 saturated carbocycles. The number of benzene rings is 5. The molecule has 0 aliphatic carbocycles. The van der Waals surface area contributed by atoms with Crippen LogP contribution in [0.1, 0.15) is 16.7 Å². The number of nitrogens with zero attached hydrogens (tertiary/aromatic N) is 4. The van der Waals surface area contributed by atoms with Gasteiger partial charge in [-0.3, -0.25) is 9.59 Å². The smallest absolute Gasteiger partial charge is 0.346 e. The summed E-state index contributed by atoms with van der Waals surface area (Å²) >= 11 is 1.86. The number of ether oxygens (including phenoxy) is 1. The van der Waals surface area contributed by atoms with E-state index in [4.69, 9.17) is 4.74 Å². The Morgan fingerprint density at radius 3 is 1.38 bits per heavy atom. The van der Waals surface area contributed by atoms with Crippen LogP contribution in [-0.4, -0.2) is 17.0 Å². The molecule has 0 radical (unpaired) electrons. The van der Waals surface area contributed by atoms with Gasteiger partial charge < -0.3 is 4.74 Å². The van der Waals surface area contributed by atoms with Crippen molar-refractivity contribution in [3.63, 3.8) is 0 Å². The van der Waals surface area contributed by atoms with E-state index in [1.807, 2.05) is 121 Å². The van der Waals surface area contributed by atoms with Crippen LogP contribution in [0.15, 0.2) is 165 Å². The van der Waals surface area contributed by atoms with Crippen molar-refractivity contribution in [2.75, 3.05) is 0 Å². The summed E-state index contributed by atoms with van der Waals surface area (Å²) in [5.74, 6) is 1.40. The highest BCUT2D eigenvalue weighted by molar-refractivity contribution is 7.04. The minimum Gasteiger partial charge on any atom is -0.457 e. The largest absolute Gasteiger partial charge is 0.457 e. The summed E-state index contributed by atoms with van der Waals surface area (Å²) in [5.41, 5.74) is 2.90. The van der Waals surface area contributed by atoms with Crippen molar-refractivity contribution >= 4 is 23.1 Å². The zero-order valence-corrected chi connectivity index (χ0v) is 27.3. The third kappa shape index (κ3) is 7.95. The maximum Gasteiger partial charge on any atom is 0.346 e. The van der Waals surface area contributed by atoms with Crippen LogP contribution in [0.2, 0.25) is 0 Å². The molecule has 0 amide bonds. The molecule has 5 aromatic carbocycles. The molecule has 240 valence electrons. The SMILES string of the molecule is O=c1sn(-c2ccc(Oc3ccccc3)cc2)c(=O)n1Cc1ccccc1.O=c1sn(Cc2ccccc2)c(=O)n1Cc1ccccc1. The summed E-state index contributed by atoms with van der Waals surface area (Å²) in [6.07, 6.45) is 0. The van der Waals surface area contributed by atoms with Gasteiger partial charge in [-0.2, -0.15) is 0 Å². The zero-order chi connectivity index (χ0) is 33.3. The van der Waals surface area contributed by atoms with E-state index in [0.29, 0.717) is 24.5 Å². The van der Waals surface area contributed by atoms with Crippen LogP contribution in [0.4, 0.5) is 0 Å². The molecule has 0 bridgehead atoms. The molecule has 0 aliphatic rings. The van der Waals surface area contributed by atoms with Crippen molar-refractivity contribution < 1.29 is 4.74 Å². The average molecular weight is 675 g/mol. The second-order valence-electron chi connectivity index (χ2n) is 10.6. The second kappa shape index (κ2) is 15.2. The lowest BCUT2D eigenvalue weighted by Gasteiger charge is -2.06. The Bertz CT molecular complexity index is 2310. The Labute approximate surface area is 283 Å². The van der Waals surface area contributed by atoms with Crippen LogP contribution in [0, 0.1) is 0 Å². The molecule has 0 fully saturated rings. The molecule has 2 heterocycles. The number of aromatic nitrogens is 4. The zero-order valence-electron chi connectivity index (χ0n) is 25.6. The molecule has 48 heavy (non-hydrogen) atoms. The van der Waals surface area contributed by atoms with Gasteiger partial charge >= 0.3 is 21.1 Å². The maximum atomic E-state index is 12.7. The normalized spacial score (nSPS) is 10.7. The number of rotatable bonds is 9. The first kappa shape index (κ1) is 32.2. The monoisotopic (exact) mass is 674 g/mol. The molecular formula is C37H30N4O5S2. The van der Waals surface area contributed by atoms with E-state index in [-0.39, 0.29) is 27.7 Å². The quantitative estimate of drug-likeness (QED) is 0.185. The van der Waals surface area contributed by atoms with Crippen molar-refractivity contribution in [2.24, 2.45) is 0 Å². The predicted molar refractivity (Wildman–Crippen MR) is 190 cm³/mol. The fourth-order valence-electron chi connectivity index (χ4n) is 4.83. The third-order valence-electron chi connectivity index (χ3n) is 7.23. The lowest BCUT2D eigenvalue weighted by molar-refractivity contribution is 0.482. The van der Waals surface area contributed by atoms with Gasteiger partial charge in [-0.15, -0.1) is 0 Å². The molecule has 7 aromatic rings. The first-order valence-electron chi connectivity index (χ1n) is 15.0.